The summed E-state index contributed by atoms with van der Waals surface area (Å²) in [6.07, 6.45) is 6.01. The lowest BCUT2D eigenvalue weighted by Gasteiger charge is -2.17. The first kappa shape index (κ1) is 16.2. The number of benzene rings is 1. The molecule has 1 rings (SSSR count). The first-order valence-corrected chi connectivity index (χ1v) is 11.0. The van der Waals surface area contributed by atoms with Crippen molar-refractivity contribution in [1.82, 2.24) is 0 Å². The molecule has 0 aliphatic carbocycles. The lowest BCUT2D eigenvalue weighted by molar-refractivity contribution is 0.128. The van der Waals surface area contributed by atoms with E-state index in [2.05, 4.69) is 63.0 Å². The molecule has 0 amide bonds. The van der Waals surface area contributed by atoms with Crippen molar-refractivity contribution in [2.75, 3.05) is 0 Å². The molecule has 0 unspecified atom stereocenters. The summed E-state index contributed by atoms with van der Waals surface area (Å²) in [5.74, 6) is 0.250. The minimum Gasteiger partial charge on any atom is -0.393 e. The van der Waals surface area contributed by atoms with Gasteiger partial charge in [-0.15, -0.1) is 0 Å². The summed E-state index contributed by atoms with van der Waals surface area (Å²) in [5.41, 5.74) is 1.31. The van der Waals surface area contributed by atoms with Crippen LogP contribution < -0.4 is 0 Å². The fourth-order valence-electron chi connectivity index (χ4n) is 1.99. The molecule has 0 saturated heterocycles. The molecule has 1 aromatic carbocycles. The first-order chi connectivity index (χ1) is 8.88. The van der Waals surface area contributed by atoms with E-state index in [1.165, 1.54) is 11.6 Å². The minimum absolute atomic E-state index is 0.238. The number of allylic oxidation sites excluding steroid dienone is 1. The van der Waals surface area contributed by atoms with Crippen LogP contribution in [0.4, 0.5) is 0 Å². The van der Waals surface area contributed by atoms with Crippen molar-refractivity contribution in [2.45, 2.75) is 51.6 Å². The summed E-state index contributed by atoms with van der Waals surface area (Å²) >= 11 is 0. The Morgan fingerprint density at radius 3 is 2.37 bits per heavy atom. The smallest absolute Gasteiger partial charge is 0.0603 e. The summed E-state index contributed by atoms with van der Waals surface area (Å²) < 4.78 is 0. The molecule has 0 heterocycles. The second kappa shape index (κ2) is 7.66. The van der Waals surface area contributed by atoms with Crippen molar-refractivity contribution >= 4 is 8.07 Å². The maximum Gasteiger partial charge on any atom is 0.0603 e. The molecule has 2 heteroatoms. The summed E-state index contributed by atoms with van der Waals surface area (Å²) in [7, 11) is -0.998. The topological polar surface area (TPSA) is 20.2 Å². The molecule has 0 aliphatic heterocycles. The molecule has 0 aliphatic rings. The first-order valence-electron chi connectivity index (χ1n) is 7.27. The van der Waals surface area contributed by atoms with Gasteiger partial charge in [-0.2, -0.15) is 0 Å². The Labute approximate surface area is 119 Å². The molecule has 1 aromatic rings. The van der Waals surface area contributed by atoms with Gasteiger partial charge in [0.2, 0.25) is 0 Å². The van der Waals surface area contributed by atoms with Crippen molar-refractivity contribution in [3.05, 3.63) is 48.0 Å². The predicted octanol–water partition coefficient (Wildman–Crippen LogP) is 4.51. The highest BCUT2D eigenvalue weighted by Crippen LogP contribution is 2.15. The van der Waals surface area contributed by atoms with E-state index < -0.39 is 8.07 Å². The van der Waals surface area contributed by atoms with E-state index in [-0.39, 0.29) is 12.0 Å². The molecule has 0 aromatic heterocycles. The number of hydrogen-bond acceptors (Lipinski definition) is 1. The highest BCUT2D eigenvalue weighted by Gasteiger charge is 2.13. The van der Waals surface area contributed by atoms with Crippen molar-refractivity contribution in [2.24, 2.45) is 5.92 Å². The van der Waals surface area contributed by atoms with Crippen molar-refractivity contribution in [3.8, 4) is 0 Å². The van der Waals surface area contributed by atoms with Crippen LogP contribution in [0.3, 0.4) is 0 Å². The van der Waals surface area contributed by atoms with E-state index in [9.17, 15) is 5.11 Å². The largest absolute Gasteiger partial charge is 0.393 e. The summed E-state index contributed by atoms with van der Waals surface area (Å²) in [6, 6.07) is 11.6. The van der Waals surface area contributed by atoms with Gasteiger partial charge in [-0.05, 0) is 30.4 Å². The van der Waals surface area contributed by atoms with Crippen LogP contribution in [0.1, 0.15) is 18.9 Å². The fourth-order valence-corrected chi connectivity index (χ4v) is 2.83. The van der Waals surface area contributed by atoms with Gasteiger partial charge in [-0.1, -0.05) is 69.0 Å². The van der Waals surface area contributed by atoms with E-state index in [0.717, 1.165) is 12.8 Å². The Morgan fingerprint density at radius 2 is 1.79 bits per heavy atom. The summed E-state index contributed by atoms with van der Waals surface area (Å²) in [5, 5.41) is 10.2. The highest BCUT2D eigenvalue weighted by atomic mass is 28.3. The van der Waals surface area contributed by atoms with Gasteiger partial charge in [0.15, 0.2) is 0 Å². The number of rotatable bonds is 7. The maximum absolute atomic E-state index is 10.2. The third-order valence-electron chi connectivity index (χ3n) is 3.35. The highest BCUT2D eigenvalue weighted by molar-refractivity contribution is 6.76. The van der Waals surface area contributed by atoms with Gasteiger partial charge < -0.3 is 5.11 Å². The molecule has 19 heavy (non-hydrogen) atoms. The molecule has 1 nitrogen and oxygen atoms in total. The molecular weight excluding hydrogens is 248 g/mol. The molecule has 0 spiro atoms. The third kappa shape index (κ3) is 7.33. The Bertz CT molecular complexity index is 378. The molecule has 0 radical (unpaired) electrons. The van der Waals surface area contributed by atoms with Crippen LogP contribution in [-0.2, 0) is 6.42 Å². The number of aryl methyl sites for hydroxylation is 1. The van der Waals surface area contributed by atoms with E-state index in [0.29, 0.717) is 0 Å². The zero-order valence-electron chi connectivity index (χ0n) is 12.8. The lowest BCUT2D eigenvalue weighted by Crippen LogP contribution is -2.19. The van der Waals surface area contributed by atoms with E-state index in [1.54, 1.807) is 0 Å². The molecule has 0 fully saturated rings. The van der Waals surface area contributed by atoms with Crippen molar-refractivity contribution < 1.29 is 5.11 Å². The second-order valence-corrected chi connectivity index (χ2v) is 12.2. The molecular formula is C17H28OSi. The average molecular weight is 276 g/mol. The van der Waals surface area contributed by atoms with Gasteiger partial charge in [0.05, 0.1) is 6.10 Å². The zero-order valence-corrected chi connectivity index (χ0v) is 13.8. The SMILES string of the molecule is C[C@@H](/C=C\C[Si](C)(C)C)[C@H](O)CCc1ccccc1. The molecule has 0 bridgehead atoms. The predicted molar refractivity (Wildman–Crippen MR) is 87.2 cm³/mol. The van der Waals surface area contributed by atoms with Gasteiger partial charge in [-0.25, -0.2) is 0 Å². The van der Waals surface area contributed by atoms with Crippen LogP contribution in [0.25, 0.3) is 0 Å². The Balaban J connectivity index is 2.34. The molecule has 106 valence electrons. The van der Waals surface area contributed by atoms with Crippen LogP contribution in [0, 0.1) is 5.92 Å². The maximum atomic E-state index is 10.2. The quantitative estimate of drug-likeness (QED) is 0.574. The average Bonchev–Trinajstić information content (AvgIpc) is 2.35. The standard InChI is InChI=1S/C17H28OSi/c1-15(9-8-14-19(2,3)4)17(18)13-12-16-10-6-5-7-11-16/h5-11,15,17-18H,12-14H2,1-4H3/b9-8-/t15-,17+/m0/s1. The van der Waals surface area contributed by atoms with Gasteiger partial charge >= 0.3 is 0 Å². The van der Waals surface area contributed by atoms with Crippen LogP contribution >= 0.6 is 0 Å². The number of aliphatic hydroxyl groups excluding tert-OH is 1. The van der Waals surface area contributed by atoms with Crippen LogP contribution in [0.15, 0.2) is 42.5 Å². The summed E-state index contributed by atoms with van der Waals surface area (Å²) in [4.78, 5) is 0. The third-order valence-corrected chi connectivity index (χ3v) is 4.81. The Morgan fingerprint density at radius 1 is 1.16 bits per heavy atom. The van der Waals surface area contributed by atoms with Gasteiger partial charge in [0.1, 0.15) is 0 Å². The number of aliphatic hydroxyl groups is 1. The Hall–Kier alpha value is -0.863. The van der Waals surface area contributed by atoms with Gasteiger partial charge in [0, 0.05) is 8.07 Å². The monoisotopic (exact) mass is 276 g/mol. The van der Waals surface area contributed by atoms with Gasteiger partial charge in [0.25, 0.3) is 0 Å². The van der Waals surface area contributed by atoms with Gasteiger partial charge in [-0.3, -0.25) is 0 Å². The lowest BCUT2D eigenvalue weighted by atomic mass is 9.97. The van der Waals surface area contributed by atoms with Crippen LogP contribution in [0.2, 0.25) is 25.7 Å². The molecule has 1 N–H and O–H groups in total. The van der Waals surface area contributed by atoms with Crippen LogP contribution in [-0.4, -0.2) is 19.3 Å². The van der Waals surface area contributed by atoms with Crippen LogP contribution in [0.5, 0.6) is 0 Å². The second-order valence-electron chi connectivity index (χ2n) is 6.64. The minimum atomic E-state index is -0.998. The fraction of sp³-hybridized carbons (Fsp3) is 0.529. The van der Waals surface area contributed by atoms with E-state index in [1.807, 2.05) is 6.07 Å². The van der Waals surface area contributed by atoms with Crippen molar-refractivity contribution in [1.29, 1.82) is 0 Å². The Kier molecular flexibility index (Phi) is 6.53. The molecule has 0 saturated carbocycles. The summed E-state index contributed by atoms with van der Waals surface area (Å²) in [6.45, 7) is 9.21. The molecule has 2 atom stereocenters. The van der Waals surface area contributed by atoms with Crippen molar-refractivity contribution in [3.63, 3.8) is 0 Å². The normalized spacial score (nSPS) is 15.6. The zero-order chi connectivity index (χ0) is 14.3. The van der Waals surface area contributed by atoms with E-state index >= 15 is 0 Å². The number of hydrogen-bond donors (Lipinski definition) is 1. The van der Waals surface area contributed by atoms with E-state index in [4.69, 9.17) is 0 Å².